The van der Waals surface area contributed by atoms with Crippen molar-refractivity contribution in [2.75, 3.05) is 6.61 Å². The van der Waals surface area contributed by atoms with Crippen LogP contribution in [0.5, 0.6) is 0 Å². The zero-order chi connectivity index (χ0) is 14.0. The van der Waals surface area contributed by atoms with E-state index in [0.29, 0.717) is 12.2 Å². The Morgan fingerprint density at radius 1 is 1.30 bits per heavy atom. The molecule has 0 fully saturated rings. The summed E-state index contributed by atoms with van der Waals surface area (Å²) in [4.78, 5) is 11.8. The van der Waals surface area contributed by atoms with Crippen molar-refractivity contribution in [3.05, 3.63) is 29.6 Å². The van der Waals surface area contributed by atoms with Gasteiger partial charge in [-0.3, -0.25) is 0 Å². The molecule has 0 bridgehead atoms. The Morgan fingerprint density at radius 3 is 2.55 bits per heavy atom. The minimum atomic E-state index is -0.256. The number of aryl methyl sites for hydroxylation is 2. The minimum absolute atomic E-state index is 0. The van der Waals surface area contributed by atoms with E-state index in [1.165, 1.54) is 5.82 Å². The monoisotopic (exact) mass is 388 g/mol. The highest BCUT2D eigenvalue weighted by atomic mass is 127. The second kappa shape index (κ2) is 7.06. The number of aromatic nitrogens is 2. The predicted molar refractivity (Wildman–Crippen MR) is 74.2 cm³/mol. The third-order valence-corrected chi connectivity index (χ3v) is 3.48. The molecule has 0 saturated carbocycles. The van der Waals surface area contributed by atoms with Crippen LogP contribution in [0.1, 0.15) is 37.0 Å². The Balaban J connectivity index is 0.00000200. The van der Waals surface area contributed by atoms with E-state index < -0.39 is 0 Å². The van der Waals surface area contributed by atoms with Crippen LogP contribution in [0.2, 0.25) is 0 Å². The second-order valence-electron chi connectivity index (χ2n) is 4.46. The molecule has 0 aliphatic heterocycles. The number of benzene rings is 1. The Kier molecular flexibility index (Phi) is 5.98. The maximum Gasteiger partial charge on any atom is 0.338 e. The summed E-state index contributed by atoms with van der Waals surface area (Å²) in [6, 6.07) is 5.77. The van der Waals surface area contributed by atoms with Crippen LogP contribution in [0.3, 0.4) is 0 Å². The number of carbonyl (C=O) groups is 1. The van der Waals surface area contributed by atoms with E-state index in [4.69, 9.17) is 4.74 Å². The molecular weight excluding hydrogens is 367 g/mol. The van der Waals surface area contributed by atoms with Crippen molar-refractivity contribution < 1.29 is 38.1 Å². The maximum absolute atomic E-state index is 11.8. The van der Waals surface area contributed by atoms with Crippen molar-refractivity contribution in [3.8, 4) is 0 Å². The standard InChI is InChI=1S/C15H21N2O2.HI/c1-5-16-11(4)17(6-2)14-10-12(8-9-13(14)16)15(18)19-7-3;/h8-10H,5-7H2,1-4H3;1H/q+1;/p-1. The maximum atomic E-state index is 11.8. The first-order valence-corrected chi connectivity index (χ1v) is 6.83. The number of fused-ring (bicyclic) bond motifs is 1. The molecule has 0 aliphatic rings. The van der Waals surface area contributed by atoms with E-state index in [2.05, 4.69) is 29.9 Å². The zero-order valence-corrected chi connectivity index (χ0v) is 14.6. The lowest BCUT2D eigenvalue weighted by molar-refractivity contribution is -0.674. The quantitative estimate of drug-likeness (QED) is 0.401. The summed E-state index contributed by atoms with van der Waals surface area (Å²) in [5.74, 6) is 0.954. The Morgan fingerprint density at radius 2 is 2.00 bits per heavy atom. The number of hydrogen-bond donors (Lipinski definition) is 0. The molecule has 0 radical (unpaired) electrons. The number of esters is 1. The highest BCUT2D eigenvalue weighted by Crippen LogP contribution is 2.17. The molecule has 1 aromatic carbocycles. The van der Waals surface area contributed by atoms with E-state index in [1.54, 1.807) is 0 Å². The molecule has 0 atom stereocenters. The molecule has 1 heterocycles. The van der Waals surface area contributed by atoms with Gasteiger partial charge in [-0.05, 0) is 32.9 Å². The van der Waals surface area contributed by atoms with Crippen molar-refractivity contribution in [1.82, 2.24) is 4.57 Å². The number of rotatable bonds is 4. The van der Waals surface area contributed by atoms with E-state index >= 15 is 0 Å². The molecule has 20 heavy (non-hydrogen) atoms. The summed E-state index contributed by atoms with van der Waals surface area (Å²) in [6.45, 7) is 10.4. The first kappa shape index (κ1) is 16.9. The van der Waals surface area contributed by atoms with Crippen LogP contribution >= 0.6 is 0 Å². The van der Waals surface area contributed by atoms with Gasteiger partial charge in [0.15, 0.2) is 11.0 Å². The molecule has 4 nitrogen and oxygen atoms in total. The van der Waals surface area contributed by atoms with E-state index in [0.717, 1.165) is 24.1 Å². The van der Waals surface area contributed by atoms with Gasteiger partial charge < -0.3 is 28.7 Å². The fourth-order valence-corrected chi connectivity index (χ4v) is 2.60. The summed E-state index contributed by atoms with van der Waals surface area (Å²) in [7, 11) is 0. The summed E-state index contributed by atoms with van der Waals surface area (Å²) in [5, 5.41) is 0. The number of halogens is 1. The molecule has 0 unspecified atom stereocenters. The van der Waals surface area contributed by atoms with Gasteiger partial charge in [-0.1, -0.05) is 0 Å². The van der Waals surface area contributed by atoms with Crippen LogP contribution in [0.15, 0.2) is 18.2 Å². The largest absolute Gasteiger partial charge is 1.00 e. The molecule has 0 aliphatic carbocycles. The lowest BCUT2D eigenvalue weighted by atomic mass is 10.2. The zero-order valence-electron chi connectivity index (χ0n) is 12.4. The van der Waals surface area contributed by atoms with Crippen LogP contribution in [-0.4, -0.2) is 17.1 Å². The Labute approximate surface area is 136 Å². The molecule has 2 aromatic rings. The van der Waals surface area contributed by atoms with Crippen LogP contribution < -0.4 is 28.5 Å². The molecule has 0 saturated heterocycles. The Hall–Kier alpha value is -1.11. The van der Waals surface area contributed by atoms with Gasteiger partial charge in [0.2, 0.25) is 0 Å². The molecule has 0 spiro atoms. The van der Waals surface area contributed by atoms with Gasteiger partial charge in [-0.2, -0.15) is 0 Å². The first-order valence-electron chi connectivity index (χ1n) is 6.83. The van der Waals surface area contributed by atoms with Gasteiger partial charge in [0.05, 0.1) is 25.3 Å². The number of nitrogens with zero attached hydrogens (tertiary/aromatic N) is 2. The van der Waals surface area contributed by atoms with Crippen molar-refractivity contribution in [2.45, 2.75) is 40.8 Å². The van der Waals surface area contributed by atoms with Gasteiger partial charge in [-0.25, -0.2) is 13.9 Å². The highest BCUT2D eigenvalue weighted by molar-refractivity contribution is 5.93. The summed E-state index contributed by atoms with van der Waals surface area (Å²) in [5.41, 5.74) is 2.87. The smallest absolute Gasteiger partial charge is 0.338 e. The Bertz CT molecular complexity index is 620. The average Bonchev–Trinajstić information content (AvgIpc) is 2.68. The van der Waals surface area contributed by atoms with Crippen molar-refractivity contribution >= 4 is 17.0 Å². The molecule has 1 aromatic heterocycles. The van der Waals surface area contributed by atoms with E-state index in [-0.39, 0.29) is 29.9 Å². The van der Waals surface area contributed by atoms with E-state index in [9.17, 15) is 4.79 Å². The van der Waals surface area contributed by atoms with Crippen molar-refractivity contribution in [3.63, 3.8) is 0 Å². The summed E-state index contributed by atoms with van der Waals surface area (Å²) >= 11 is 0. The molecule has 2 rings (SSSR count). The second-order valence-corrected chi connectivity index (χ2v) is 4.46. The van der Waals surface area contributed by atoms with Crippen LogP contribution in [-0.2, 0) is 17.8 Å². The summed E-state index contributed by atoms with van der Waals surface area (Å²) < 4.78 is 9.54. The van der Waals surface area contributed by atoms with E-state index in [1.807, 2.05) is 25.1 Å². The van der Waals surface area contributed by atoms with Gasteiger partial charge in [0.25, 0.3) is 5.82 Å². The molecule has 110 valence electrons. The number of imidazole rings is 1. The third kappa shape index (κ3) is 2.82. The minimum Gasteiger partial charge on any atom is -1.00 e. The van der Waals surface area contributed by atoms with Crippen LogP contribution in [0.25, 0.3) is 11.0 Å². The molecule has 0 amide bonds. The van der Waals surface area contributed by atoms with Crippen molar-refractivity contribution in [1.29, 1.82) is 0 Å². The van der Waals surface area contributed by atoms with Gasteiger partial charge >= 0.3 is 5.97 Å². The molecule has 0 N–H and O–H groups in total. The van der Waals surface area contributed by atoms with Crippen LogP contribution in [0, 0.1) is 6.92 Å². The third-order valence-electron chi connectivity index (χ3n) is 3.48. The van der Waals surface area contributed by atoms with Crippen molar-refractivity contribution in [2.24, 2.45) is 0 Å². The SMILES string of the molecule is CCOC(=O)c1ccc2c(c1)n(CC)c(C)[n+]2CC.[I-]. The van der Waals surface area contributed by atoms with Gasteiger partial charge in [0.1, 0.15) is 0 Å². The van der Waals surface area contributed by atoms with Crippen LogP contribution in [0.4, 0.5) is 0 Å². The molecule has 5 heteroatoms. The number of hydrogen-bond acceptors (Lipinski definition) is 2. The normalized spacial score (nSPS) is 10.4. The van der Waals surface area contributed by atoms with Gasteiger partial charge in [0, 0.05) is 13.0 Å². The lowest BCUT2D eigenvalue weighted by Crippen LogP contribution is -3.00. The average molecular weight is 388 g/mol. The first-order chi connectivity index (χ1) is 9.13. The summed E-state index contributed by atoms with van der Waals surface area (Å²) in [6.07, 6.45) is 0. The fourth-order valence-electron chi connectivity index (χ4n) is 2.60. The lowest BCUT2D eigenvalue weighted by Gasteiger charge is -2.01. The van der Waals surface area contributed by atoms with Gasteiger partial charge in [-0.15, -0.1) is 0 Å². The predicted octanol–water partition coefficient (Wildman–Crippen LogP) is -0.542. The highest BCUT2D eigenvalue weighted by Gasteiger charge is 2.21. The fraction of sp³-hybridized carbons (Fsp3) is 0.467. The molecular formula is C15H21IN2O2. The number of ether oxygens (including phenoxy) is 1. The number of carbonyl (C=O) groups excluding carboxylic acids is 1. The topological polar surface area (TPSA) is 35.1 Å².